The van der Waals surface area contributed by atoms with Crippen LogP contribution < -0.4 is 5.32 Å². The van der Waals surface area contributed by atoms with Gasteiger partial charge in [0.25, 0.3) is 0 Å². The van der Waals surface area contributed by atoms with Crippen molar-refractivity contribution in [3.05, 3.63) is 75.5 Å². The van der Waals surface area contributed by atoms with E-state index in [1.807, 2.05) is 66.9 Å². The van der Waals surface area contributed by atoms with Crippen LogP contribution in [0.3, 0.4) is 0 Å². The minimum absolute atomic E-state index is 0.140. The third kappa shape index (κ3) is 3.78. The number of fused-ring (bicyclic) bond motifs is 1. The Bertz CT molecular complexity index is 1250. The lowest BCUT2D eigenvalue weighted by Crippen LogP contribution is -2.16. The lowest BCUT2D eigenvalue weighted by atomic mass is 9.92. The van der Waals surface area contributed by atoms with Gasteiger partial charge in [0.05, 0.1) is 17.0 Å². The van der Waals surface area contributed by atoms with Gasteiger partial charge in [-0.2, -0.15) is 9.61 Å². The van der Waals surface area contributed by atoms with Crippen molar-refractivity contribution in [2.45, 2.75) is 40.0 Å². The van der Waals surface area contributed by atoms with E-state index >= 15 is 0 Å². The normalized spacial score (nSPS) is 11.8. The summed E-state index contributed by atoms with van der Waals surface area (Å²) in [6.07, 6.45) is 0. The highest BCUT2D eigenvalue weighted by molar-refractivity contribution is 6.33. The molecule has 4 nitrogen and oxygen atoms in total. The average Bonchev–Trinajstić information content (AvgIpc) is 3.01. The van der Waals surface area contributed by atoms with Gasteiger partial charge in [0.1, 0.15) is 5.82 Å². The number of hydrogen-bond donors (Lipinski definition) is 1. The van der Waals surface area contributed by atoms with Crippen molar-refractivity contribution in [2.24, 2.45) is 0 Å². The number of aromatic nitrogens is 3. The highest BCUT2D eigenvalue weighted by Crippen LogP contribution is 2.36. The molecule has 0 atom stereocenters. The number of benzene rings is 2. The van der Waals surface area contributed by atoms with Gasteiger partial charge >= 0.3 is 0 Å². The molecule has 4 aromatic rings. The standard InChI is InChI=1S/C24H24Cl2N4/c1-14-10-11-16(12-19(14)26)27-21-13-20(24(3,4)5)28-23-22(15(2)29-30(21)23)17-8-6-7-9-18(17)25/h6-13,27H,1-5H3. The Kier molecular flexibility index (Phi) is 5.25. The van der Waals surface area contributed by atoms with Crippen LogP contribution >= 0.6 is 23.2 Å². The molecule has 30 heavy (non-hydrogen) atoms. The van der Waals surface area contributed by atoms with Crippen LogP contribution in [-0.2, 0) is 5.41 Å². The quantitative estimate of drug-likeness (QED) is 0.363. The number of halogens is 2. The monoisotopic (exact) mass is 438 g/mol. The van der Waals surface area contributed by atoms with E-state index in [-0.39, 0.29) is 5.41 Å². The molecule has 0 aliphatic rings. The molecule has 1 N–H and O–H groups in total. The molecule has 0 spiro atoms. The van der Waals surface area contributed by atoms with Crippen molar-refractivity contribution in [1.82, 2.24) is 14.6 Å². The molecule has 0 unspecified atom stereocenters. The SMILES string of the molecule is Cc1ccc(Nc2cc(C(C)(C)C)nc3c(-c4ccccc4Cl)c(C)nn23)cc1Cl. The molecule has 0 saturated carbocycles. The third-order valence-corrected chi connectivity index (χ3v) is 5.86. The van der Waals surface area contributed by atoms with Crippen molar-refractivity contribution in [3.63, 3.8) is 0 Å². The average molecular weight is 439 g/mol. The highest BCUT2D eigenvalue weighted by atomic mass is 35.5. The first-order valence-corrected chi connectivity index (χ1v) is 10.6. The summed E-state index contributed by atoms with van der Waals surface area (Å²) in [6, 6.07) is 15.8. The molecule has 0 amide bonds. The molecule has 0 aliphatic carbocycles. The van der Waals surface area contributed by atoms with Gasteiger partial charge in [-0.15, -0.1) is 0 Å². The Morgan fingerprint density at radius 2 is 1.67 bits per heavy atom. The maximum Gasteiger partial charge on any atom is 0.165 e. The fourth-order valence-corrected chi connectivity index (χ4v) is 3.81. The Balaban J connectivity index is 1.97. The van der Waals surface area contributed by atoms with Crippen LogP contribution in [0.2, 0.25) is 10.0 Å². The first-order valence-electron chi connectivity index (χ1n) is 9.84. The zero-order valence-corrected chi connectivity index (χ0v) is 19.2. The van der Waals surface area contributed by atoms with Gasteiger partial charge in [-0.25, -0.2) is 4.98 Å². The van der Waals surface area contributed by atoms with Crippen LogP contribution in [0.15, 0.2) is 48.5 Å². The van der Waals surface area contributed by atoms with Gasteiger partial charge in [-0.1, -0.05) is 68.2 Å². The van der Waals surface area contributed by atoms with Crippen LogP contribution in [0.5, 0.6) is 0 Å². The lowest BCUT2D eigenvalue weighted by molar-refractivity contribution is 0.569. The molecule has 2 heterocycles. The first kappa shape index (κ1) is 20.7. The van der Waals surface area contributed by atoms with Gasteiger partial charge < -0.3 is 5.32 Å². The smallest absolute Gasteiger partial charge is 0.165 e. The van der Waals surface area contributed by atoms with Crippen LogP contribution in [0.1, 0.15) is 37.7 Å². The molecular formula is C24H24Cl2N4. The van der Waals surface area contributed by atoms with E-state index in [4.69, 9.17) is 33.3 Å². The van der Waals surface area contributed by atoms with Crippen molar-refractivity contribution in [3.8, 4) is 11.1 Å². The molecule has 2 aromatic carbocycles. The number of hydrogen-bond acceptors (Lipinski definition) is 3. The summed E-state index contributed by atoms with van der Waals surface area (Å²) in [7, 11) is 0. The summed E-state index contributed by atoms with van der Waals surface area (Å²) in [4.78, 5) is 4.99. The fourth-order valence-electron chi connectivity index (χ4n) is 3.39. The summed E-state index contributed by atoms with van der Waals surface area (Å²) in [5, 5.41) is 9.66. The van der Waals surface area contributed by atoms with E-state index in [0.29, 0.717) is 5.02 Å². The second-order valence-electron chi connectivity index (χ2n) is 8.54. The number of nitrogens with one attached hydrogen (secondary N) is 1. The summed E-state index contributed by atoms with van der Waals surface area (Å²) in [5.74, 6) is 0.825. The zero-order chi connectivity index (χ0) is 21.6. The van der Waals surface area contributed by atoms with Crippen LogP contribution in [0, 0.1) is 13.8 Å². The second kappa shape index (κ2) is 7.60. The van der Waals surface area contributed by atoms with Crippen molar-refractivity contribution < 1.29 is 0 Å². The van der Waals surface area contributed by atoms with Gasteiger partial charge in [-0.05, 0) is 37.6 Å². The van der Waals surface area contributed by atoms with Gasteiger partial charge in [0.2, 0.25) is 0 Å². The summed E-state index contributed by atoms with van der Waals surface area (Å²) in [5.41, 5.74) is 6.26. The maximum absolute atomic E-state index is 6.52. The Labute approximate surface area is 186 Å². The number of rotatable bonds is 3. The van der Waals surface area contributed by atoms with E-state index < -0.39 is 0 Å². The van der Waals surface area contributed by atoms with Crippen LogP contribution in [0.4, 0.5) is 11.5 Å². The minimum atomic E-state index is -0.140. The fraction of sp³-hybridized carbons (Fsp3) is 0.250. The van der Waals surface area contributed by atoms with Crippen molar-refractivity contribution in [1.29, 1.82) is 0 Å². The molecule has 0 aliphatic heterocycles. The summed E-state index contributed by atoms with van der Waals surface area (Å²) < 4.78 is 1.84. The zero-order valence-electron chi connectivity index (χ0n) is 17.7. The van der Waals surface area contributed by atoms with Gasteiger partial charge in [-0.3, -0.25) is 0 Å². The van der Waals surface area contributed by atoms with E-state index in [9.17, 15) is 0 Å². The number of anilines is 2. The van der Waals surface area contributed by atoms with Crippen molar-refractivity contribution >= 4 is 40.4 Å². The molecule has 6 heteroatoms. The summed E-state index contributed by atoms with van der Waals surface area (Å²) >= 11 is 12.9. The predicted octanol–water partition coefficient (Wildman–Crippen LogP) is 7.36. The lowest BCUT2D eigenvalue weighted by Gasteiger charge is -2.20. The Morgan fingerprint density at radius 3 is 2.33 bits per heavy atom. The topological polar surface area (TPSA) is 42.2 Å². The molecule has 0 fully saturated rings. The molecular weight excluding hydrogens is 415 g/mol. The molecule has 0 radical (unpaired) electrons. The van der Waals surface area contributed by atoms with E-state index in [2.05, 4.69) is 26.1 Å². The largest absolute Gasteiger partial charge is 0.340 e. The Hall–Kier alpha value is -2.56. The molecule has 154 valence electrons. The predicted molar refractivity (Wildman–Crippen MR) is 126 cm³/mol. The molecule has 2 aromatic heterocycles. The van der Waals surface area contributed by atoms with Crippen LogP contribution in [-0.4, -0.2) is 14.6 Å². The first-order chi connectivity index (χ1) is 14.1. The Morgan fingerprint density at radius 1 is 0.933 bits per heavy atom. The van der Waals surface area contributed by atoms with E-state index in [1.165, 1.54) is 0 Å². The van der Waals surface area contributed by atoms with E-state index in [1.54, 1.807) is 0 Å². The molecule has 0 saturated heterocycles. The number of aryl methyl sites for hydroxylation is 2. The van der Waals surface area contributed by atoms with Crippen molar-refractivity contribution in [2.75, 3.05) is 5.32 Å². The molecule has 4 rings (SSSR count). The second-order valence-corrected chi connectivity index (χ2v) is 9.36. The van der Waals surface area contributed by atoms with E-state index in [0.717, 1.165) is 50.3 Å². The highest BCUT2D eigenvalue weighted by Gasteiger charge is 2.23. The number of nitrogens with zero attached hydrogens (tertiary/aromatic N) is 3. The maximum atomic E-state index is 6.52. The van der Waals surface area contributed by atoms with Gasteiger partial charge in [0, 0.05) is 32.8 Å². The third-order valence-electron chi connectivity index (χ3n) is 5.12. The van der Waals surface area contributed by atoms with Gasteiger partial charge in [0.15, 0.2) is 5.65 Å². The minimum Gasteiger partial charge on any atom is -0.340 e. The summed E-state index contributed by atoms with van der Waals surface area (Å²) in [6.45, 7) is 10.4. The van der Waals surface area contributed by atoms with Crippen LogP contribution in [0.25, 0.3) is 16.8 Å². The molecule has 0 bridgehead atoms.